The summed E-state index contributed by atoms with van der Waals surface area (Å²) in [7, 11) is 4.48. The predicted molar refractivity (Wildman–Crippen MR) is 97.9 cm³/mol. The first kappa shape index (κ1) is 18.3. The average Bonchev–Trinajstić information content (AvgIpc) is 3.22. The fraction of sp³-hybridized carbons (Fsp3) is 0.250. The van der Waals surface area contributed by atoms with Gasteiger partial charge in [-0.25, -0.2) is 4.99 Å². The molecule has 27 heavy (non-hydrogen) atoms. The zero-order chi connectivity index (χ0) is 19.4. The molecule has 1 aliphatic heterocycles. The number of hydrogen-bond donors (Lipinski definition) is 0. The Morgan fingerprint density at radius 1 is 1.11 bits per heavy atom. The van der Waals surface area contributed by atoms with Gasteiger partial charge in [0.25, 0.3) is 0 Å². The predicted octanol–water partition coefficient (Wildman–Crippen LogP) is 2.61. The summed E-state index contributed by atoms with van der Waals surface area (Å²) < 4.78 is 21.4. The van der Waals surface area contributed by atoms with Gasteiger partial charge in [-0.3, -0.25) is 4.79 Å². The van der Waals surface area contributed by atoms with Gasteiger partial charge in [0.2, 0.25) is 11.6 Å². The second-order valence-electron chi connectivity index (χ2n) is 5.73. The summed E-state index contributed by atoms with van der Waals surface area (Å²) in [6.45, 7) is 0.144. The van der Waals surface area contributed by atoms with Gasteiger partial charge in [0.1, 0.15) is 6.61 Å². The minimum absolute atomic E-state index is 0.144. The molecule has 7 nitrogen and oxygen atoms in total. The zero-order valence-electron chi connectivity index (χ0n) is 15.2. The van der Waals surface area contributed by atoms with Gasteiger partial charge in [-0.2, -0.15) is 5.26 Å². The van der Waals surface area contributed by atoms with E-state index in [9.17, 15) is 4.79 Å². The van der Waals surface area contributed by atoms with Crippen molar-refractivity contribution < 1.29 is 23.7 Å². The van der Waals surface area contributed by atoms with Crippen molar-refractivity contribution in [1.29, 1.82) is 5.26 Å². The summed E-state index contributed by atoms with van der Waals surface area (Å²) >= 11 is 0. The average molecular weight is 366 g/mol. The van der Waals surface area contributed by atoms with E-state index in [0.717, 1.165) is 0 Å². The number of Topliss-reactive ketones (excluding diaryl/α,β-unsaturated/α-hetero) is 1. The van der Waals surface area contributed by atoms with Gasteiger partial charge in [-0.05, 0) is 36.4 Å². The van der Waals surface area contributed by atoms with Gasteiger partial charge >= 0.3 is 0 Å². The second kappa shape index (κ2) is 7.79. The first-order valence-corrected chi connectivity index (χ1v) is 8.16. The summed E-state index contributed by atoms with van der Waals surface area (Å²) in [6.07, 6.45) is 0. The largest absolute Gasteiger partial charge is 0.493 e. The van der Waals surface area contributed by atoms with E-state index in [0.29, 0.717) is 39.8 Å². The normalized spacial score (nSPS) is 15.3. The number of carbonyl (C=O) groups excluding carboxylic acids is 1. The fourth-order valence-corrected chi connectivity index (χ4v) is 2.77. The van der Waals surface area contributed by atoms with E-state index in [4.69, 9.17) is 24.2 Å². The van der Waals surface area contributed by atoms with Crippen LogP contribution in [0.3, 0.4) is 0 Å². The number of hydrogen-bond acceptors (Lipinski definition) is 7. The maximum atomic E-state index is 12.9. The number of ether oxygens (including phenoxy) is 4. The third-order valence-electron chi connectivity index (χ3n) is 4.16. The van der Waals surface area contributed by atoms with E-state index in [1.54, 1.807) is 36.4 Å². The zero-order valence-corrected chi connectivity index (χ0v) is 15.2. The van der Waals surface area contributed by atoms with Crippen molar-refractivity contribution in [1.82, 2.24) is 0 Å². The van der Waals surface area contributed by atoms with Crippen molar-refractivity contribution in [3.63, 3.8) is 0 Å². The van der Waals surface area contributed by atoms with Gasteiger partial charge in [0, 0.05) is 11.1 Å². The van der Waals surface area contributed by atoms with Crippen LogP contribution in [0.2, 0.25) is 0 Å². The van der Waals surface area contributed by atoms with Gasteiger partial charge in [-0.1, -0.05) is 0 Å². The van der Waals surface area contributed by atoms with Crippen LogP contribution in [0.25, 0.3) is 0 Å². The van der Waals surface area contributed by atoms with Crippen molar-refractivity contribution in [3.8, 4) is 23.3 Å². The monoisotopic (exact) mass is 366 g/mol. The first-order chi connectivity index (χ1) is 13.1. The van der Waals surface area contributed by atoms with E-state index in [1.807, 2.05) is 0 Å². The summed E-state index contributed by atoms with van der Waals surface area (Å²) in [4.78, 5) is 17.3. The molecule has 0 saturated carbocycles. The Balaban J connectivity index is 1.88. The highest BCUT2D eigenvalue weighted by molar-refractivity contribution is 6.05. The smallest absolute Gasteiger partial charge is 0.217 e. The highest BCUT2D eigenvalue weighted by atomic mass is 16.5. The van der Waals surface area contributed by atoms with Crippen molar-refractivity contribution in [2.75, 3.05) is 27.9 Å². The molecule has 1 heterocycles. The Hall–Kier alpha value is -3.53. The number of carbonyl (C=O) groups is 1. The Morgan fingerprint density at radius 3 is 2.26 bits per heavy atom. The second-order valence-corrected chi connectivity index (χ2v) is 5.73. The molecule has 2 aromatic rings. The minimum atomic E-state index is -0.668. The van der Waals surface area contributed by atoms with Crippen LogP contribution in [0.15, 0.2) is 41.4 Å². The van der Waals surface area contributed by atoms with E-state index < -0.39 is 6.04 Å². The van der Waals surface area contributed by atoms with E-state index in [1.165, 1.54) is 21.3 Å². The lowest BCUT2D eigenvalue weighted by Gasteiger charge is -2.14. The van der Waals surface area contributed by atoms with Gasteiger partial charge in [-0.15, -0.1) is 0 Å². The molecule has 0 amide bonds. The van der Waals surface area contributed by atoms with Gasteiger partial charge in [0.05, 0.1) is 33.0 Å². The lowest BCUT2D eigenvalue weighted by Crippen LogP contribution is -2.20. The molecule has 0 aromatic heterocycles. The van der Waals surface area contributed by atoms with Crippen molar-refractivity contribution in [3.05, 3.63) is 53.1 Å². The number of ketones is 1. The molecule has 0 bridgehead atoms. The summed E-state index contributed by atoms with van der Waals surface area (Å²) in [5.41, 5.74) is 1.65. The van der Waals surface area contributed by atoms with E-state index in [2.05, 4.69) is 11.1 Å². The highest BCUT2D eigenvalue weighted by Crippen LogP contribution is 2.38. The Morgan fingerprint density at radius 2 is 1.74 bits per heavy atom. The quantitative estimate of drug-likeness (QED) is 0.730. The maximum absolute atomic E-state index is 12.9. The van der Waals surface area contributed by atoms with Crippen molar-refractivity contribution in [2.24, 2.45) is 4.99 Å². The molecule has 0 saturated heterocycles. The van der Waals surface area contributed by atoms with Crippen LogP contribution >= 0.6 is 0 Å². The number of aliphatic imine (C=N–C) groups is 1. The van der Waals surface area contributed by atoms with Gasteiger partial charge < -0.3 is 18.9 Å². The highest BCUT2D eigenvalue weighted by Gasteiger charge is 2.29. The van der Waals surface area contributed by atoms with E-state index >= 15 is 0 Å². The summed E-state index contributed by atoms with van der Waals surface area (Å²) in [6, 6.07) is 11.4. The Bertz CT molecular complexity index is 903. The van der Waals surface area contributed by atoms with Crippen LogP contribution in [-0.4, -0.2) is 45.7 Å². The molecule has 0 spiro atoms. The third-order valence-corrected chi connectivity index (χ3v) is 4.16. The van der Waals surface area contributed by atoms with Crippen LogP contribution in [0.1, 0.15) is 21.5 Å². The number of benzene rings is 2. The molecule has 138 valence electrons. The summed E-state index contributed by atoms with van der Waals surface area (Å²) in [5, 5.41) is 8.87. The molecule has 7 heteroatoms. The molecule has 0 fully saturated rings. The third kappa shape index (κ3) is 3.55. The molecule has 1 aliphatic rings. The molecule has 0 N–H and O–H groups in total. The number of nitriles is 1. The molecule has 0 aliphatic carbocycles. The van der Waals surface area contributed by atoms with Gasteiger partial charge in [0.15, 0.2) is 23.3 Å². The lowest BCUT2D eigenvalue weighted by molar-refractivity contribution is 0.0947. The van der Waals surface area contributed by atoms with Crippen LogP contribution in [0, 0.1) is 11.3 Å². The van der Waals surface area contributed by atoms with Crippen LogP contribution in [0.4, 0.5) is 0 Å². The lowest BCUT2D eigenvalue weighted by atomic mass is 10.0. The number of rotatable bonds is 6. The number of methoxy groups -OCH3 is 3. The standard InChI is InChI=1S/C20H18N2O5/c1-24-16-8-14(9-17(25-2)19(16)26-3)18(23)15-11-27-20(22-15)13-6-4-12(10-21)5-7-13/h4-9,15H,11H2,1-3H3. The molecule has 0 radical (unpaired) electrons. The fourth-order valence-electron chi connectivity index (χ4n) is 2.77. The molecule has 2 aromatic carbocycles. The van der Waals surface area contributed by atoms with Crippen molar-refractivity contribution in [2.45, 2.75) is 6.04 Å². The van der Waals surface area contributed by atoms with Crippen LogP contribution in [-0.2, 0) is 4.74 Å². The SMILES string of the molecule is COc1cc(C(=O)C2COC(c3ccc(C#N)cc3)=N2)cc(OC)c1OC. The number of nitrogens with zero attached hydrogens (tertiary/aromatic N) is 2. The molecule has 1 unspecified atom stereocenters. The van der Waals surface area contributed by atoms with Crippen molar-refractivity contribution >= 4 is 11.7 Å². The maximum Gasteiger partial charge on any atom is 0.217 e. The summed E-state index contributed by atoms with van der Waals surface area (Å²) in [5.74, 6) is 1.38. The topological polar surface area (TPSA) is 90.1 Å². The molecule has 3 rings (SSSR count). The van der Waals surface area contributed by atoms with Crippen LogP contribution in [0.5, 0.6) is 17.2 Å². The first-order valence-electron chi connectivity index (χ1n) is 8.16. The molecular weight excluding hydrogens is 348 g/mol. The molecule has 1 atom stereocenters. The van der Waals surface area contributed by atoms with Crippen LogP contribution < -0.4 is 14.2 Å². The Labute approximate surface area is 156 Å². The minimum Gasteiger partial charge on any atom is -0.493 e. The van der Waals surface area contributed by atoms with E-state index in [-0.39, 0.29) is 12.4 Å². The Kier molecular flexibility index (Phi) is 5.27. The molecular formula is C20H18N2O5.